The number of para-hydroxylation sites is 1. The number of carbonyl (C=O) groups is 3. The molecule has 12 heteroatoms. The predicted octanol–water partition coefficient (Wildman–Crippen LogP) is 3.50. The molecule has 0 radical (unpaired) electrons. The number of thiophene rings is 1. The van der Waals surface area contributed by atoms with Crippen molar-refractivity contribution in [2.75, 3.05) is 39.6 Å². The lowest BCUT2D eigenvalue weighted by Gasteiger charge is -2.20. The highest BCUT2D eigenvalue weighted by Crippen LogP contribution is 2.31. The van der Waals surface area contributed by atoms with Crippen molar-refractivity contribution in [1.82, 2.24) is 20.1 Å². The molecular weight excluding hydrogens is 522 g/mol. The Kier molecular flexibility index (Phi) is 8.24. The van der Waals surface area contributed by atoms with Crippen LogP contribution in [0.15, 0.2) is 30.3 Å². The van der Waals surface area contributed by atoms with E-state index in [0.717, 1.165) is 30.1 Å². The molecule has 3 heterocycles. The molecule has 3 aromatic rings. The van der Waals surface area contributed by atoms with E-state index in [1.165, 1.54) is 27.6 Å². The van der Waals surface area contributed by atoms with E-state index in [9.17, 15) is 14.4 Å². The van der Waals surface area contributed by atoms with Crippen molar-refractivity contribution < 1.29 is 19.1 Å². The van der Waals surface area contributed by atoms with Gasteiger partial charge in [0.1, 0.15) is 5.75 Å². The molecule has 2 aromatic heterocycles. The molecule has 1 aliphatic heterocycles. The molecule has 3 amide bonds. The van der Waals surface area contributed by atoms with E-state index in [1.807, 2.05) is 7.05 Å². The van der Waals surface area contributed by atoms with Gasteiger partial charge in [0, 0.05) is 45.0 Å². The van der Waals surface area contributed by atoms with Gasteiger partial charge in [0.2, 0.25) is 0 Å². The van der Waals surface area contributed by atoms with Gasteiger partial charge < -0.3 is 25.2 Å². The first kappa shape index (κ1) is 26.1. The zero-order valence-electron chi connectivity index (χ0n) is 20.1. The quantitative estimate of drug-likeness (QED) is 0.447. The Bertz CT molecular complexity index is 1290. The van der Waals surface area contributed by atoms with Gasteiger partial charge in [-0.15, -0.1) is 22.7 Å². The Morgan fingerprint density at radius 3 is 2.69 bits per heavy atom. The average Bonchev–Trinajstić information content (AvgIpc) is 3.47. The summed E-state index contributed by atoms with van der Waals surface area (Å²) in [5, 5.41) is 6.12. The van der Waals surface area contributed by atoms with Gasteiger partial charge in [0.15, 0.2) is 11.6 Å². The van der Waals surface area contributed by atoms with Crippen molar-refractivity contribution in [3.63, 3.8) is 0 Å². The van der Waals surface area contributed by atoms with Crippen molar-refractivity contribution in [2.24, 2.45) is 0 Å². The number of hydrogen-bond acceptors (Lipinski definition) is 8. The third-order valence-corrected chi connectivity index (χ3v) is 7.86. The number of likely N-dealkylation sites (N-methyl/N-ethyl adjacent to an activating group) is 2. The average molecular weight is 548 g/mol. The van der Waals surface area contributed by atoms with Crippen LogP contribution in [0.4, 0.5) is 5.69 Å². The zero-order chi connectivity index (χ0) is 25.8. The lowest BCUT2D eigenvalue weighted by Crippen LogP contribution is -2.28. The van der Waals surface area contributed by atoms with E-state index in [0.29, 0.717) is 31.2 Å². The van der Waals surface area contributed by atoms with Crippen LogP contribution in [0.25, 0.3) is 0 Å². The van der Waals surface area contributed by atoms with Gasteiger partial charge in [-0.25, -0.2) is 4.98 Å². The summed E-state index contributed by atoms with van der Waals surface area (Å²) >= 11 is 8.50. The molecule has 36 heavy (non-hydrogen) atoms. The maximum Gasteiger partial charge on any atom is 0.284 e. The number of thiazole rings is 1. The first-order valence-corrected chi connectivity index (χ1v) is 13.2. The van der Waals surface area contributed by atoms with Crippen LogP contribution in [0.1, 0.15) is 35.6 Å². The number of rotatable bonds is 8. The number of nitrogens with one attached hydrogen (secondary N) is 2. The van der Waals surface area contributed by atoms with Gasteiger partial charge in [-0.3, -0.25) is 14.4 Å². The number of anilines is 1. The fraction of sp³-hybridized carbons (Fsp3) is 0.333. The normalized spacial score (nSPS) is 13.1. The van der Waals surface area contributed by atoms with Crippen LogP contribution in [0.5, 0.6) is 5.75 Å². The van der Waals surface area contributed by atoms with Gasteiger partial charge in [0.05, 0.1) is 20.6 Å². The van der Waals surface area contributed by atoms with Gasteiger partial charge in [-0.05, 0) is 30.8 Å². The van der Waals surface area contributed by atoms with E-state index < -0.39 is 0 Å². The number of fused-ring (bicyclic) bond motifs is 1. The van der Waals surface area contributed by atoms with Crippen LogP contribution in [-0.4, -0.2) is 66.8 Å². The maximum absolute atomic E-state index is 13.2. The highest BCUT2D eigenvalue weighted by Gasteiger charge is 2.23. The number of benzene rings is 1. The molecule has 0 unspecified atom stereocenters. The Morgan fingerprint density at radius 1 is 1.17 bits per heavy atom. The van der Waals surface area contributed by atoms with Crippen LogP contribution in [-0.2, 0) is 24.3 Å². The standard InChI is InChI=1S/C24H26ClN5O4S2/c1-29(2)20(31)13-34-16-6-4-5-14(11-26-22(32)17-7-8-19(25)35-17)21(16)28-23(33)24-27-15-9-10-30(3)12-18(15)36-24/h4-8H,9-13H2,1-3H3,(H,26,32)(H,28,33). The number of halogens is 1. The number of ether oxygens (including phenoxy) is 1. The first-order valence-electron chi connectivity index (χ1n) is 11.2. The van der Waals surface area contributed by atoms with Crippen molar-refractivity contribution >= 4 is 57.7 Å². The second-order valence-electron chi connectivity index (χ2n) is 8.48. The SMILES string of the molecule is CN1CCc2nc(C(=O)Nc3c(CNC(=O)c4ccc(Cl)s4)cccc3OCC(=O)N(C)C)sc2C1. The molecule has 1 aliphatic rings. The van der Waals surface area contributed by atoms with Gasteiger partial charge >= 0.3 is 0 Å². The number of hydrogen-bond donors (Lipinski definition) is 2. The minimum Gasteiger partial charge on any atom is -0.482 e. The highest BCUT2D eigenvalue weighted by atomic mass is 35.5. The highest BCUT2D eigenvalue weighted by molar-refractivity contribution is 7.18. The molecule has 0 atom stereocenters. The Morgan fingerprint density at radius 2 is 1.97 bits per heavy atom. The largest absolute Gasteiger partial charge is 0.482 e. The molecule has 9 nitrogen and oxygen atoms in total. The van der Waals surface area contributed by atoms with E-state index in [-0.39, 0.29) is 30.9 Å². The van der Waals surface area contributed by atoms with Crippen molar-refractivity contribution in [3.8, 4) is 5.75 Å². The van der Waals surface area contributed by atoms with Crippen LogP contribution in [0.3, 0.4) is 0 Å². The van der Waals surface area contributed by atoms with Gasteiger partial charge in [0.25, 0.3) is 17.7 Å². The molecule has 190 valence electrons. The summed E-state index contributed by atoms with van der Waals surface area (Å²) in [4.78, 5) is 47.6. The zero-order valence-corrected chi connectivity index (χ0v) is 22.5. The molecule has 0 aliphatic carbocycles. The molecule has 2 N–H and O–H groups in total. The molecule has 0 fully saturated rings. The summed E-state index contributed by atoms with van der Waals surface area (Å²) in [5.74, 6) is -0.553. The Labute approximate surface area is 222 Å². The lowest BCUT2D eigenvalue weighted by atomic mass is 10.1. The molecular formula is C24H26ClN5O4S2. The Balaban J connectivity index is 1.57. The lowest BCUT2D eigenvalue weighted by molar-refractivity contribution is -0.130. The Hall–Kier alpha value is -2.99. The number of carbonyl (C=O) groups excluding carboxylic acids is 3. The third kappa shape index (κ3) is 6.22. The summed E-state index contributed by atoms with van der Waals surface area (Å²) in [6.45, 7) is 1.59. The van der Waals surface area contributed by atoms with Crippen LogP contribution in [0, 0.1) is 0 Å². The first-order chi connectivity index (χ1) is 17.2. The minimum absolute atomic E-state index is 0.127. The fourth-order valence-electron chi connectivity index (χ4n) is 3.54. The summed E-state index contributed by atoms with van der Waals surface area (Å²) in [6, 6.07) is 8.50. The summed E-state index contributed by atoms with van der Waals surface area (Å²) in [5.41, 5.74) is 1.95. The van der Waals surface area contributed by atoms with Crippen molar-refractivity contribution in [2.45, 2.75) is 19.5 Å². The summed E-state index contributed by atoms with van der Waals surface area (Å²) in [6.07, 6.45) is 0.798. The number of aromatic nitrogens is 1. The van der Waals surface area contributed by atoms with Crippen molar-refractivity contribution in [1.29, 1.82) is 0 Å². The number of amides is 3. The number of nitrogens with zero attached hydrogens (tertiary/aromatic N) is 3. The van der Waals surface area contributed by atoms with Gasteiger partial charge in [-0.1, -0.05) is 23.7 Å². The topological polar surface area (TPSA) is 104 Å². The molecule has 0 saturated carbocycles. The second kappa shape index (κ2) is 11.4. The molecule has 0 saturated heterocycles. The van der Waals surface area contributed by atoms with Gasteiger partial charge in [-0.2, -0.15) is 0 Å². The fourth-order valence-corrected chi connectivity index (χ4v) is 5.58. The van der Waals surface area contributed by atoms with Crippen LogP contribution < -0.4 is 15.4 Å². The van der Waals surface area contributed by atoms with Crippen molar-refractivity contribution in [3.05, 3.63) is 60.7 Å². The monoisotopic (exact) mass is 547 g/mol. The predicted molar refractivity (Wildman–Crippen MR) is 141 cm³/mol. The summed E-state index contributed by atoms with van der Waals surface area (Å²) < 4.78 is 6.29. The van der Waals surface area contributed by atoms with Crippen LogP contribution >= 0.6 is 34.3 Å². The molecule has 1 aromatic carbocycles. The third-order valence-electron chi connectivity index (χ3n) is 5.55. The second-order valence-corrected chi connectivity index (χ2v) is 11.3. The molecule has 0 bridgehead atoms. The van der Waals surface area contributed by atoms with E-state index in [1.54, 1.807) is 44.4 Å². The molecule has 0 spiro atoms. The van der Waals surface area contributed by atoms with E-state index >= 15 is 0 Å². The van der Waals surface area contributed by atoms with Crippen LogP contribution in [0.2, 0.25) is 4.34 Å². The maximum atomic E-state index is 13.2. The summed E-state index contributed by atoms with van der Waals surface area (Å²) in [7, 11) is 5.31. The molecule has 4 rings (SSSR count). The van der Waals surface area contributed by atoms with E-state index in [2.05, 4.69) is 20.5 Å². The minimum atomic E-state index is -0.371. The van der Waals surface area contributed by atoms with E-state index in [4.69, 9.17) is 16.3 Å². The smallest absolute Gasteiger partial charge is 0.284 e.